The SMILES string of the molecule is CC[C@H](C)NC(=O)c1ccc2c(=O)n(Cc3ccccc3)c3nn(Cc4cccc(Cl)c4)c(=O)n3c2c1. The molecule has 188 valence electrons. The maximum Gasteiger partial charge on any atom is 0.352 e. The maximum atomic E-state index is 13.7. The predicted molar refractivity (Wildman–Crippen MR) is 145 cm³/mol. The standard InChI is InChI=1S/C28H26ClN5O3/c1-3-18(2)30-25(35)21-12-13-23-24(15-21)34-27(32(26(23)36)16-19-8-5-4-6-9-19)31-33(28(34)37)17-20-10-7-11-22(29)14-20/h4-15,18H,3,16-17H2,1-2H3,(H,30,35)/t18-/m0/s1. The van der Waals surface area contributed by atoms with Crippen molar-refractivity contribution in [3.05, 3.63) is 115 Å². The molecule has 8 nitrogen and oxygen atoms in total. The molecule has 0 saturated heterocycles. The van der Waals surface area contributed by atoms with Gasteiger partial charge in [0.2, 0.25) is 5.78 Å². The van der Waals surface area contributed by atoms with Gasteiger partial charge in [0.1, 0.15) is 0 Å². The molecule has 0 spiro atoms. The van der Waals surface area contributed by atoms with Crippen LogP contribution in [-0.4, -0.2) is 30.7 Å². The van der Waals surface area contributed by atoms with E-state index in [1.807, 2.05) is 50.2 Å². The largest absolute Gasteiger partial charge is 0.352 e. The Bertz CT molecular complexity index is 1740. The molecule has 37 heavy (non-hydrogen) atoms. The number of benzene rings is 3. The van der Waals surface area contributed by atoms with Gasteiger partial charge in [-0.25, -0.2) is 13.9 Å². The van der Waals surface area contributed by atoms with Crippen LogP contribution in [0.1, 0.15) is 41.8 Å². The monoisotopic (exact) mass is 515 g/mol. The van der Waals surface area contributed by atoms with Crippen LogP contribution in [0.2, 0.25) is 5.02 Å². The predicted octanol–water partition coefficient (Wildman–Crippen LogP) is 4.09. The maximum absolute atomic E-state index is 13.7. The highest BCUT2D eigenvalue weighted by atomic mass is 35.5. The quantitative estimate of drug-likeness (QED) is 0.353. The Balaban J connectivity index is 1.73. The number of nitrogens with one attached hydrogen (secondary N) is 1. The number of carbonyl (C=O) groups excluding carboxylic acids is 1. The van der Waals surface area contributed by atoms with Gasteiger partial charge in [0, 0.05) is 16.6 Å². The van der Waals surface area contributed by atoms with Crippen molar-refractivity contribution in [3.63, 3.8) is 0 Å². The van der Waals surface area contributed by atoms with Crippen molar-refractivity contribution in [2.75, 3.05) is 0 Å². The van der Waals surface area contributed by atoms with Crippen molar-refractivity contribution in [1.29, 1.82) is 0 Å². The van der Waals surface area contributed by atoms with E-state index in [1.54, 1.807) is 36.4 Å². The number of hydrogen-bond acceptors (Lipinski definition) is 4. The van der Waals surface area contributed by atoms with Crippen molar-refractivity contribution < 1.29 is 4.79 Å². The van der Waals surface area contributed by atoms with Crippen molar-refractivity contribution in [1.82, 2.24) is 24.1 Å². The normalized spacial score (nSPS) is 12.2. The van der Waals surface area contributed by atoms with Gasteiger partial charge in [-0.2, -0.15) is 0 Å². The molecule has 1 atom stereocenters. The molecule has 0 bridgehead atoms. The van der Waals surface area contributed by atoms with Crippen LogP contribution in [0.5, 0.6) is 0 Å². The van der Waals surface area contributed by atoms with Gasteiger partial charge in [0.05, 0.1) is 24.0 Å². The van der Waals surface area contributed by atoms with Crippen molar-refractivity contribution in [2.45, 2.75) is 39.4 Å². The zero-order chi connectivity index (χ0) is 26.1. The summed E-state index contributed by atoms with van der Waals surface area (Å²) in [6.45, 7) is 4.32. The number of nitrogens with zero attached hydrogens (tertiary/aromatic N) is 4. The zero-order valence-corrected chi connectivity index (χ0v) is 21.3. The third-order valence-electron chi connectivity index (χ3n) is 6.43. The molecule has 0 aliphatic rings. The summed E-state index contributed by atoms with van der Waals surface area (Å²) in [5, 5.41) is 8.38. The molecule has 5 rings (SSSR count). The Morgan fingerprint density at radius 2 is 1.73 bits per heavy atom. The van der Waals surface area contributed by atoms with Crippen LogP contribution >= 0.6 is 11.6 Å². The number of halogens is 1. The molecular formula is C28H26ClN5O3. The zero-order valence-electron chi connectivity index (χ0n) is 20.5. The van der Waals surface area contributed by atoms with Gasteiger partial charge in [0.25, 0.3) is 11.5 Å². The molecule has 3 aromatic carbocycles. The second-order valence-corrected chi connectivity index (χ2v) is 9.53. The lowest BCUT2D eigenvalue weighted by Gasteiger charge is -2.13. The van der Waals surface area contributed by atoms with Crippen molar-refractivity contribution in [3.8, 4) is 0 Å². The highest BCUT2D eigenvalue weighted by Crippen LogP contribution is 2.17. The Labute approximate surface area is 217 Å². The summed E-state index contributed by atoms with van der Waals surface area (Å²) < 4.78 is 4.21. The second kappa shape index (κ2) is 10.1. The summed E-state index contributed by atoms with van der Waals surface area (Å²) in [5.74, 6) is -0.0647. The molecule has 0 aliphatic carbocycles. The van der Waals surface area contributed by atoms with Crippen LogP contribution in [0.3, 0.4) is 0 Å². The van der Waals surface area contributed by atoms with Gasteiger partial charge in [-0.3, -0.25) is 14.2 Å². The van der Waals surface area contributed by atoms with Crippen molar-refractivity contribution >= 4 is 34.2 Å². The molecule has 2 heterocycles. The molecular weight excluding hydrogens is 490 g/mol. The van der Waals surface area contributed by atoms with Gasteiger partial charge >= 0.3 is 5.69 Å². The van der Waals surface area contributed by atoms with E-state index in [0.29, 0.717) is 21.5 Å². The summed E-state index contributed by atoms with van der Waals surface area (Å²) in [5.41, 5.74) is 1.69. The average molecular weight is 516 g/mol. The molecule has 1 amide bonds. The first-order chi connectivity index (χ1) is 17.9. The molecule has 0 unspecified atom stereocenters. The fourth-order valence-corrected chi connectivity index (χ4v) is 4.50. The lowest BCUT2D eigenvalue weighted by atomic mass is 10.1. The van der Waals surface area contributed by atoms with E-state index in [9.17, 15) is 14.4 Å². The number of fused-ring (bicyclic) bond motifs is 3. The summed E-state index contributed by atoms with van der Waals surface area (Å²) in [6, 6.07) is 21.5. The number of carbonyl (C=O) groups is 1. The minimum Gasteiger partial charge on any atom is -0.350 e. The highest BCUT2D eigenvalue weighted by Gasteiger charge is 2.20. The van der Waals surface area contributed by atoms with Crippen LogP contribution in [0.25, 0.3) is 16.7 Å². The molecule has 2 aromatic heterocycles. The molecule has 5 aromatic rings. The number of rotatable bonds is 7. The third-order valence-corrected chi connectivity index (χ3v) is 6.67. The Morgan fingerprint density at radius 3 is 2.46 bits per heavy atom. The number of amides is 1. The van der Waals surface area contributed by atoms with Crippen LogP contribution in [-0.2, 0) is 13.1 Å². The van der Waals surface area contributed by atoms with Crippen LogP contribution in [0, 0.1) is 0 Å². The number of hydrogen-bond donors (Lipinski definition) is 1. The smallest absolute Gasteiger partial charge is 0.350 e. The lowest BCUT2D eigenvalue weighted by Crippen LogP contribution is -2.32. The van der Waals surface area contributed by atoms with Crippen molar-refractivity contribution in [2.24, 2.45) is 0 Å². The van der Waals surface area contributed by atoms with E-state index >= 15 is 0 Å². The highest BCUT2D eigenvalue weighted by molar-refractivity contribution is 6.30. The lowest BCUT2D eigenvalue weighted by molar-refractivity contribution is 0.0939. The Morgan fingerprint density at radius 1 is 0.973 bits per heavy atom. The first-order valence-corrected chi connectivity index (χ1v) is 12.5. The Kier molecular flexibility index (Phi) is 6.67. The van der Waals surface area contributed by atoms with Gasteiger partial charge in [0.15, 0.2) is 0 Å². The molecule has 1 N–H and O–H groups in total. The molecule has 0 radical (unpaired) electrons. The number of aromatic nitrogens is 4. The van der Waals surface area contributed by atoms with Gasteiger partial charge in [-0.1, -0.05) is 61.0 Å². The summed E-state index contributed by atoms with van der Waals surface area (Å²) in [7, 11) is 0. The summed E-state index contributed by atoms with van der Waals surface area (Å²) >= 11 is 6.14. The molecule has 0 fully saturated rings. The third kappa shape index (κ3) is 4.80. The average Bonchev–Trinajstić information content (AvgIpc) is 3.22. The minimum absolute atomic E-state index is 0.00902. The van der Waals surface area contributed by atoms with Gasteiger partial charge in [-0.15, -0.1) is 5.10 Å². The van der Waals surface area contributed by atoms with E-state index in [1.165, 1.54) is 13.6 Å². The molecule has 9 heteroatoms. The van der Waals surface area contributed by atoms with Crippen LogP contribution in [0.15, 0.2) is 82.4 Å². The first-order valence-electron chi connectivity index (χ1n) is 12.1. The van der Waals surface area contributed by atoms with Crippen LogP contribution in [0.4, 0.5) is 0 Å². The van der Waals surface area contributed by atoms with E-state index < -0.39 is 5.69 Å². The van der Waals surface area contributed by atoms with E-state index in [0.717, 1.165) is 17.5 Å². The van der Waals surface area contributed by atoms with Gasteiger partial charge in [-0.05, 0) is 54.8 Å². The minimum atomic E-state index is -0.415. The van der Waals surface area contributed by atoms with Gasteiger partial charge < -0.3 is 5.32 Å². The first kappa shape index (κ1) is 24.5. The summed E-state index contributed by atoms with van der Waals surface area (Å²) in [4.78, 5) is 40.2. The second-order valence-electron chi connectivity index (χ2n) is 9.10. The molecule has 0 aliphatic heterocycles. The summed E-state index contributed by atoms with van der Waals surface area (Å²) in [6.07, 6.45) is 0.781. The Hall–Kier alpha value is -4.17. The van der Waals surface area contributed by atoms with E-state index in [2.05, 4.69) is 10.4 Å². The van der Waals surface area contributed by atoms with E-state index in [4.69, 9.17) is 11.6 Å². The van der Waals surface area contributed by atoms with E-state index in [-0.39, 0.29) is 36.4 Å². The topological polar surface area (TPSA) is 90.4 Å². The fraction of sp³-hybridized carbons (Fsp3) is 0.214. The molecule has 0 saturated carbocycles. The van der Waals surface area contributed by atoms with Crippen LogP contribution < -0.4 is 16.6 Å². The fourth-order valence-electron chi connectivity index (χ4n) is 4.29.